The van der Waals surface area contributed by atoms with E-state index in [2.05, 4.69) is 15.4 Å². The maximum absolute atomic E-state index is 12.7. The van der Waals surface area contributed by atoms with Gasteiger partial charge in [-0.05, 0) is 18.4 Å². The number of hydrogen-bond acceptors (Lipinski definition) is 4. The minimum absolute atomic E-state index is 0.000680. The lowest BCUT2D eigenvalue weighted by molar-refractivity contribution is -0.141. The van der Waals surface area contributed by atoms with Gasteiger partial charge in [-0.25, -0.2) is 9.67 Å². The van der Waals surface area contributed by atoms with Crippen molar-refractivity contribution in [2.75, 3.05) is 6.54 Å². The average Bonchev–Trinajstić information content (AvgIpc) is 2.98. The molecular weight excluding hydrogens is 339 g/mol. The molecule has 1 aliphatic heterocycles. The molecule has 134 valence electrons. The quantitative estimate of drug-likeness (QED) is 0.890. The molecule has 0 radical (unpaired) electrons. The van der Waals surface area contributed by atoms with E-state index in [-0.39, 0.29) is 17.2 Å². The number of halogens is 3. The second kappa shape index (κ2) is 6.34. The Morgan fingerprint density at radius 3 is 2.84 bits per heavy atom. The Morgan fingerprint density at radius 1 is 1.40 bits per heavy atom. The molecule has 2 aromatic rings. The van der Waals surface area contributed by atoms with Crippen LogP contribution in [0.1, 0.15) is 28.4 Å². The molecule has 0 unspecified atom stereocenters. The summed E-state index contributed by atoms with van der Waals surface area (Å²) in [4.78, 5) is 27.0. The summed E-state index contributed by atoms with van der Waals surface area (Å²) in [5.41, 5.74) is -1.10. The van der Waals surface area contributed by atoms with Crippen molar-refractivity contribution in [3.05, 3.63) is 45.9 Å². The highest BCUT2D eigenvalue weighted by Crippen LogP contribution is 2.30. The Balaban J connectivity index is 1.61. The van der Waals surface area contributed by atoms with Crippen LogP contribution in [0.4, 0.5) is 13.2 Å². The number of carbonyl (C=O) groups excluding carboxylic acids is 1. The van der Waals surface area contributed by atoms with Gasteiger partial charge in [-0.1, -0.05) is 0 Å². The lowest BCUT2D eigenvalue weighted by atomic mass is 9.99. The van der Waals surface area contributed by atoms with E-state index in [9.17, 15) is 22.8 Å². The summed E-state index contributed by atoms with van der Waals surface area (Å²) in [5, 5.41) is 6.57. The third-order valence-corrected chi connectivity index (χ3v) is 4.13. The summed E-state index contributed by atoms with van der Waals surface area (Å²) in [6.45, 7) is 0.668. The average molecular weight is 355 g/mol. The molecule has 0 fully saturated rings. The molecule has 0 aromatic carbocycles. The largest absolute Gasteiger partial charge is 0.434 e. The van der Waals surface area contributed by atoms with Gasteiger partial charge in [0.15, 0.2) is 5.69 Å². The van der Waals surface area contributed by atoms with Crippen molar-refractivity contribution >= 4 is 5.91 Å². The molecule has 0 aliphatic carbocycles. The van der Waals surface area contributed by atoms with Gasteiger partial charge in [0.05, 0.1) is 0 Å². The van der Waals surface area contributed by atoms with Crippen LogP contribution >= 0.6 is 0 Å². The van der Waals surface area contributed by atoms with E-state index in [4.69, 9.17) is 0 Å². The van der Waals surface area contributed by atoms with E-state index in [1.165, 1.54) is 23.7 Å². The first kappa shape index (κ1) is 17.2. The molecule has 0 saturated carbocycles. The Labute approximate surface area is 140 Å². The smallest absolute Gasteiger partial charge is 0.350 e. The van der Waals surface area contributed by atoms with Crippen molar-refractivity contribution in [1.82, 2.24) is 24.6 Å². The van der Waals surface area contributed by atoms with Crippen molar-refractivity contribution < 1.29 is 18.0 Å². The maximum Gasteiger partial charge on any atom is 0.434 e. The summed E-state index contributed by atoms with van der Waals surface area (Å²) in [5.74, 6) is -0.0168. The van der Waals surface area contributed by atoms with Crippen LogP contribution in [0.3, 0.4) is 0 Å². The summed E-state index contributed by atoms with van der Waals surface area (Å²) in [6, 6.07) is 2.58. The molecule has 10 heteroatoms. The molecule has 1 N–H and O–H groups in total. The molecule has 7 nitrogen and oxygen atoms in total. The molecular formula is C15H16F3N5O2. The highest BCUT2D eigenvalue weighted by molar-refractivity contribution is 5.91. The first-order valence-electron chi connectivity index (χ1n) is 7.70. The standard InChI is InChI=1S/C15H16F3N5O2/c1-22-13(24)5-3-10(21-22)14(25)19-6-9-2-4-12-20-11(15(16,17)18)8-23(12)7-9/h3,5,8-9H,2,4,6-7H2,1H3,(H,19,25)/t9-/m0/s1. The fourth-order valence-electron chi connectivity index (χ4n) is 2.77. The van der Waals surface area contributed by atoms with Crippen LogP contribution in [0.5, 0.6) is 0 Å². The number of aromatic nitrogens is 4. The van der Waals surface area contributed by atoms with E-state index in [1.54, 1.807) is 0 Å². The zero-order chi connectivity index (χ0) is 18.2. The molecule has 0 saturated heterocycles. The highest BCUT2D eigenvalue weighted by Gasteiger charge is 2.35. The van der Waals surface area contributed by atoms with Gasteiger partial charge in [-0.2, -0.15) is 18.3 Å². The van der Waals surface area contributed by atoms with Crippen LogP contribution in [0.25, 0.3) is 0 Å². The lowest BCUT2D eigenvalue weighted by Crippen LogP contribution is -2.35. The number of hydrogen-bond donors (Lipinski definition) is 1. The van der Waals surface area contributed by atoms with Crippen molar-refractivity contribution in [1.29, 1.82) is 0 Å². The number of alkyl halides is 3. The normalized spacial score (nSPS) is 17.2. The molecule has 1 aliphatic rings. The lowest BCUT2D eigenvalue weighted by Gasteiger charge is -2.23. The van der Waals surface area contributed by atoms with Gasteiger partial charge in [-0.15, -0.1) is 0 Å². The molecule has 0 spiro atoms. The van der Waals surface area contributed by atoms with Crippen LogP contribution < -0.4 is 10.9 Å². The Kier molecular flexibility index (Phi) is 4.36. The first-order valence-corrected chi connectivity index (χ1v) is 7.70. The van der Waals surface area contributed by atoms with Crippen LogP contribution in [-0.2, 0) is 26.2 Å². The van der Waals surface area contributed by atoms with Crippen LogP contribution in [-0.4, -0.2) is 31.8 Å². The van der Waals surface area contributed by atoms with E-state index in [0.717, 1.165) is 10.9 Å². The third kappa shape index (κ3) is 3.72. The number of fused-ring (bicyclic) bond motifs is 1. The predicted molar refractivity (Wildman–Crippen MR) is 80.9 cm³/mol. The summed E-state index contributed by atoms with van der Waals surface area (Å²) in [6.07, 6.45) is -2.38. The number of aryl methyl sites for hydroxylation is 2. The molecule has 2 aromatic heterocycles. The zero-order valence-electron chi connectivity index (χ0n) is 13.4. The van der Waals surface area contributed by atoms with Gasteiger partial charge in [0.25, 0.3) is 11.5 Å². The maximum atomic E-state index is 12.7. The Hall–Kier alpha value is -2.65. The SMILES string of the molecule is Cn1nc(C(=O)NC[C@@H]2CCc3nc(C(F)(F)F)cn3C2)ccc1=O. The Bertz CT molecular complexity index is 856. The van der Waals surface area contributed by atoms with E-state index >= 15 is 0 Å². The third-order valence-electron chi connectivity index (χ3n) is 4.13. The summed E-state index contributed by atoms with van der Waals surface area (Å²) >= 11 is 0. The van der Waals surface area contributed by atoms with Gasteiger partial charge in [0.2, 0.25) is 0 Å². The molecule has 3 heterocycles. The van der Waals surface area contributed by atoms with Crippen LogP contribution in [0.15, 0.2) is 23.1 Å². The van der Waals surface area contributed by atoms with Crippen LogP contribution in [0.2, 0.25) is 0 Å². The van der Waals surface area contributed by atoms with Crippen molar-refractivity contribution in [3.63, 3.8) is 0 Å². The molecule has 25 heavy (non-hydrogen) atoms. The minimum Gasteiger partial charge on any atom is -0.350 e. The number of nitrogens with one attached hydrogen (secondary N) is 1. The highest BCUT2D eigenvalue weighted by atomic mass is 19.4. The van der Waals surface area contributed by atoms with Gasteiger partial charge in [-0.3, -0.25) is 9.59 Å². The van der Waals surface area contributed by atoms with Gasteiger partial charge >= 0.3 is 6.18 Å². The Morgan fingerprint density at radius 2 is 2.16 bits per heavy atom. The number of amides is 1. The minimum atomic E-state index is -4.46. The first-order chi connectivity index (χ1) is 11.7. The topological polar surface area (TPSA) is 81.8 Å². The summed E-state index contributed by atoms with van der Waals surface area (Å²) in [7, 11) is 1.44. The number of nitrogens with zero attached hydrogens (tertiary/aromatic N) is 4. The second-order valence-corrected chi connectivity index (χ2v) is 5.99. The van der Waals surface area contributed by atoms with Crippen molar-refractivity contribution in [2.24, 2.45) is 13.0 Å². The number of carbonyl (C=O) groups is 1. The number of rotatable bonds is 3. The predicted octanol–water partition coefficient (Wildman–Crippen LogP) is 0.988. The zero-order valence-corrected chi connectivity index (χ0v) is 13.4. The molecule has 0 bridgehead atoms. The molecule has 1 amide bonds. The van der Waals surface area contributed by atoms with Crippen molar-refractivity contribution in [3.8, 4) is 0 Å². The van der Waals surface area contributed by atoms with Crippen molar-refractivity contribution in [2.45, 2.75) is 25.6 Å². The van der Waals surface area contributed by atoms with Gasteiger partial charge in [0.1, 0.15) is 11.5 Å². The monoisotopic (exact) mass is 355 g/mol. The number of imidazole rings is 1. The van der Waals surface area contributed by atoms with Crippen LogP contribution in [0, 0.1) is 5.92 Å². The summed E-state index contributed by atoms with van der Waals surface area (Å²) < 4.78 is 40.7. The fourth-order valence-corrected chi connectivity index (χ4v) is 2.77. The van der Waals surface area contributed by atoms with E-state index < -0.39 is 17.8 Å². The fraction of sp³-hybridized carbons (Fsp3) is 0.467. The second-order valence-electron chi connectivity index (χ2n) is 5.99. The molecule has 3 rings (SSSR count). The van der Waals surface area contributed by atoms with Gasteiger partial charge in [0, 0.05) is 38.8 Å². The van der Waals surface area contributed by atoms with Gasteiger partial charge < -0.3 is 9.88 Å². The van der Waals surface area contributed by atoms with E-state index in [1.807, 2.05) is 0 Å². The molecule has 1 atom stereocenters. The van der Waals surface area contributed by atoms with E-state index in [0.29, 0.717) is 31.8 Å².